The van der Waals surface area contributed by atoms with E-state index >= 15 is 0 Å². The fraction of sp³-hybridized carbons (Fsp3) is 0.200. The zero-order chi connectivity index (χ0) is 11.4. The van der Waals surface area contributed by atoms with E-state index in [9.17, 15) is 0 Å². The predicted molar refractivity (Wildman–Crippen MR) is 69.0 cm³/mol. The van der Waals surface area contributed by atoms with E-state index in [1.54, 1.807) is 17.4 Å². The predicted octanol–water partition coefficient (Wildman–Crippen LogP) is 2.01. The average Bonchev–Trinajstić information content (AvgIpc) is 2.61. The zero-order valence-corrected chi connectivity index (χ0v) is 10.2. The summed E-state index contributed by atoms with van der Waals surface area (Å²) in [6.45, 7) is 0. The smallest absolute Gasteiger partial charge is 0.114 e. The van der Waals surface area contributed by atoms with Crippen molar-refractivity contribution in [2.24, 2.45) is 5.73 Å². The highest BCUT2D eigenvalue weighted by atomic mass is 32.1. The van der Waals surface area contributed by atoms with Gasteiger partial charge in [0, 0.05) is 19.0 Å². The number of thiophene rings is 1. The lowest BCUT2D eigenvalue weighted by molar-refractivity contribution is 1.16. The summed E-state index contributed by atoms with van der Waals surface area (Å²) in [4.78, 5) is 3.12. The lowest BCUT2D eigenvalue weighted by Gasteiger charge is -2.06. The van der Waals surface area contributed by atoms with Crippen LogP contribution in [0.3, 0.4) is 0 Å². The summed E-state index contributed by atoms with van der Waals surface area (Å²) >= 11 is 6.34. The Morgan fingerprint density at radius 2 is 2.27 bits per heavy atom. The van der Waals surface area contributed by atoms with E-state index in [1.807, 2.05) is 37.2 Å². The van der Waals surface area contributed by atoms with Crippen molar-refractivity contribution in [3.05, 3.63) is 22.6 Å². The van der Waals surface area contributed by atoms with E-state index in [1.165, 1.54) is 0 Å². The first-order valence-corrected chi connectivity index (χ1v) is 5.46. The standard InChI is InChI=1S/C10H11N3S2/c1-13(2)9-4-3-8(15-9)5-7(6-11)10(12)14/h3-5H,1-2H3,(H2,12,14)/b7-5+. The Morgan fingerprint density at radius 1 is 1.60 bits per heavy atom. The van der Waals surface area contributed by atoms with Crippen LogP contribution in [0.25, 0.3) is 6.08 Å². The van der Waals surface area contributed by atoms with Crippen LogP contribution in [0.5, 0.6) is 0 Å². The Morgan fingerprint density at radius 3 is 2.67 bits per heavy atom. The van der Waals surface area contributed by atoms with Crippen molar-refractivity contribution in [1.82, 2.24) is 0 Å². The van der Waals surface area contributed by atoms with Crippen LogP contribution in [-0.4, -0.2) is 19.1 Å². The Balaban J connectivity index is 2.98. The van der Waals surface area contributed by atoms with Crippen LogP contribution in [0.2, 0.25) is 0 Å². The van der Waals surface area contributed by atoms with E-state index in [4.69, 9.17) is 23.2 Å². The van der Waals surface area contributed by atoms with Crippen molar-refractivity contribution in [3.8, 4) is 6.07 Å². The Hall–Kier alpha value is -1.38. The van der Waals surface area contributed by atoms with E-state index in [-0.39, 0.29) is 4.99 Å². The third kappa shape index (κ3) is 3.05. The normalized spacial score (nSPS) is 10.9. The summed E-state index contributed by atoms with van der Waals surface area (Å²) in [6.07, 6.45) is 1.71. The average molecular weight is 237 g/mol. The van der Waals surface area contributed by atoms with Crippen LogP contribution in [0, 0.1) is 11.3 Å². The van der Waals surface area contributed by atoms with E-state index in [0.717, 1.165) is 9.88 Å². The highest BCUT2D eigenvalue weighted by Gasteiger charge is 2.03. The molecule has 0 atom stereocenters. The number of nitrogens with zero attached hydrogens (tertiary/aromatic N) is 2. The first-order chi connectivity index (χ1) is 7.04. The maximum atomic E-state index is 8.78. The molecule has 0 bridgehead atoms. The second-order valence-corrected chi connectivity index (χ2v) is 4.64. The number of anilines is 1. The van der Waals surface area contributed by atoms with Gasteiger partial charge in [0.1, 0.15) is 11.1 Å². The summed E-state index contributed by atoms with van der Waals surface area (Å²) in [5.74, 6) is 0. The molecule has 2 N–H and O–H groups in total. The van der Waals surface area contributed by atoms with Gasteiger partial charge in [-0.15, -0.1) is 11.3 Å². The molecule has 1 rings (SSSR count). The van der Waals surface area contributed by atoms with E-state index in [0.29, 0.717) is 5.57 Å². The molecule has 0 unspecified atom stereocenters. The lowest BCUT2D eigenvalue weighted by atomic mass is 10.2. The maximum absolute atomic E-state index is 8.78. The molecule has 0 aliphatic heterocycles. The molecule has 78 valence electrons. The number of thiocarbonyl (C=S) groups is 1. The second-order valence-electron chi connectivity index (χ2n) is 3.10. The molecule has 0 amide bonds. The minimum absolute atomic E-state index is 0.136. The first kappa shape index (κ1) is 11.7. The minimum atomic E-state index is 0.136. The van der Waals surface area contributed by atoms with Crippen LogP contribution < -0.4 is 10.6 Å². The van der Waals surface area contributed by atoms with Crippen molar-refractivity contribution in [2.45, 2.75) is 0 Å². The number of nitrogens with two attached hydrogens (primary N) is 1. The monoisotopic (exact) mass is 237 g/mol. The quantitative estimate of drug-likeness (QED) is 0.496. The largest absolute Gasteiger partial charge is 0.389 e. The van der Waals surface area contributed by atoms with Crippen LogP contribution in [0.4, 0.5) is 5.00 Å². The summed E-state index contributed by atoms with van der Waals surface area (Å²) in [7, 11) is 3.94. The minimum Gasteiger partial charge on any atom is -0.389 e. The highest BCUT2D eigenvalue weighted by molar-refractivity contribution is 7.80. The van der Waals surface area contributed by atoms with Gasteiger partial charge in [-0.3, -0.25) is 0 Å². The van der Waals surface area contributed by atoms with Crippen LogP contribution in [0.15, 0.2) is 17.7 Å². The van der Waals surface area contributed by atoms with Gasteiger partial charge in [0.25, 0.3) is 0 Å². The van der Waals surface area contributed by atoms with Gasteiger partial charge in [0.2, 0.25) is 0 Å². The third-order valence-electron chi connectivity index (χ3n) is 1.73. The molecule has 0 saturated heterocycles. The Labute approximate surface area is 98.4 Å². The van der Waals surface area contributed by atoms with Gasteiger partial charge in [0.05, 0.1) is 10.6 Å². The molecule has 0 fully saturated rings. The zero-order valence-electron chi connectivity index (χ0n) is 8.52. The molecule has 1 aromatic heterocycles. The van der Waals surface area contributed by atoms with Crippen molar-refractivity contribution in [3.63, 3.8) is 0 Å². The molecule has 15 heavy (non-hydrogen) atoms. The molecule has 0 spiro atoms. The van der Waals surface area contributed by atoms with Crippen LogP contribution in [0.1, 0.15) is 4.88 Å². The number of hydrogen-bond acceptors (Lipinski definition) is 4. The topological polar surface area (TPSA) is 53.0 Å². The molecule has 0 aliphatic carbocycles. The SMILES string of the molecule is CN(C)c1ccc(/C=C(\C#N)C(N)=S)s1. The van der Waals surface area contributed by atoms with Gasteiger partial charge >= 0.3 is 0 Å². The van der Waals surface area contributed by atoms with E-state index in [2.05, 4.69) is 0 Å². The van der Waals surface area contributed by atoms with Crippen LogP contribution in [-0.2, 0) is 0 Å². The molecule has 0 aliphatic rings. The van der Waals surface area contributed by atoms with E-state index < -0.39 is 0 Å². The molecular weight excluding hydrogens is 226 g/mol. The fourth-order valence-corrected chi connectivity index (χ4v) is 1.94. The van der Waals surface area contributed by atoms with Crippen molar-refractivity contribution < 1.29 is 0 Å². The molecule has 1 aromatic rings. The van der Waals surface area contributed by atoms with Crippen molar-refractivity contribution >= 4 is 39.6 Å². The van der Waals surface area contributed by atoms with Gasteiger partial charge in [-0.05, 0) is 18.2 Å². The Kier molecular flexibility index (Phi) is 3.83. The number of hydrogen-bond donors (Lipinski definition) is 1. The molecular formula is C10H11N3S2. The molecule has 3 nitrogen and oxygen atoms in total. The summed E-state index contributed by atoms with van der Waals surface area (Å²) < 4.78 is 0. The fourth-order valence-electron chi connectivity index (χ4n) is 0.961. The van der Waals surface area contributed by atoms with Crippen LogP contribution >= 0.6 is 23.6 Å². The van der Waals surface area contributed by atoms with Gasteiger partial charge in [-0.1, -0.05) is 12.2 Å². The highest BCUT2D eigenvalue weighted by Crippen LogP contribution is 2.25. The van der Waals surface area contributed by atoms with Gasteiger partial charge in [-0.25, -0.2) is 0 Å². The van der Waals surface area contributed by atoms with Crippen molar-refractivity contribution in [1.29, 1.82) is 5.26 Å². The molecule has 0 radical (unpaired) electrons. The second kappa shape index (κ2) is 4.91. The molecule has 0 aromatic carbocycles. The molecule has 1 heterocycles. The third-order valence-corrected chi connectivity index (χ3v) is 3.15. The summed E-state index contributed by atoms with van der Waals surface area (Å²) in [6, 6.07) is 5.91. The number of nitriles is 1. The lowest BCUT2D eigenvalue weighted by Crippen LogP contribution is -2.09. The Bertz CT molecular complexity index is 438. The van der Waals surface area contributed by atoms with Crippen molar-refractivity contribution in [2.75, 3.05) is 19.0 Å². The number of rotatable bonds is 3. The van der Waals surface area contributed by atoms with Gasteiger partial charge < -0.3 is 10.6 Å². The maximum Gasteiger partial charge on any atom is 0.114 e. The van der Waals surface area contributed by atoms with Gasteiger partial charge in [-0.2, -0.15) is 5.26 Å². The first-order valence-electron chi connectivity index (χ1n) is 4.23. The van der Waals surface area contributed by atoms with Gasteiger partial charge in [0.15, 0.2) is 0 Å². The molecule has 0 saturated carbocycles. The summed E-state index contributed by atoms with van der Waals surface area (Å²) in [5, 5.41) is 9.91. The molecule has 5 heteroatoms. The summed E-state index contributed by atoms with van der Waals surface area (Å²) in [5.41, 5.74) is 5.74.